The molecule has 3 rings (SSSR count). The van der Waals surface area contributed by atoms with Crippen molar-refractivity contribution in [2.24, 2.45) is 0 Å². The summed E-state index contributed by atoms with van der Waals surface area (Å²) in [4.78, 5) is 21.1. The second kappa shape index (κ2) is 9.34. The van der Waals surface area contributed by atoms with Gasteiger partial charge in [0.1, 0.15) is 5.82 Å². The molecule has 1 fully saturated rings. The number of nitrogens with one attached hydrogen (secondary N) is 2. The van der Waals surface area contributed by atoms with Gasteiger partial charge in [0.15, 0.2) is 0 Å². The van der Waals surface area contributed by atoms with E-state index in [1.165, 1.54) is 6.07 Å². The number of rotatable bonds is 5. The van der Waals surface area contributed by atoms with Crippen molar-refractivity contribution >= 4 is 11.8 Å². The molecule has 1 unspecified atom stereocenters. The summed E-state index contributed by atoms with van der Waals surface area (Å²) in [6, 6.07) is 7.73. The average Bonchev–Trinajstić information content (AvgIpc) is 2.72. The van der Waals surface area contributed by atoms with Crippen molar-refractivity contribution in [2.45, 2.75) is 25.7 Å². The maximum absolute atomic E-state index is 12.9. The van der Waals surface area contributed by atoms with Crippen molar-refractivity contribution in [3.8, 4) is 0 Å². The Morgan fingerprint density at radius 3 is 2.60 bits per heavy atom. The van der Waals surface area contributed by atoms with Crippen molar-refractivity contribution in [1.82, 2.24) is 20.5 Å². The number of piperazine rings is 1. The van der Waals surface area contributed by atoms with Crippen LogP contribution < -0.4 is 15.5 Å². The highest BCUT2D eigenvalue weighted by Crippen LogP contribution is 2.30. The van der Waals surface area contributed by atoms with Gasteiger partial charge in [-0.2, -0.15) is 13.2 Å². The number of hydrogen-bond acceptors (Lipinski definition) is 4. The number of amides is 2. The number of pyridine rings is 1. The Balaban J connectivity index is 1.54. The van der Waals surface area contributed by atoms with E-state index in [0.29, 0.717) is 12.1 Å². The Bertz CT molecular complexity index is 866. The molecule has 1 atom stereocenters. The topological polar surface area (TPSA) is 60.5 Å². The number of hydrogen-bond donors (Lipinski definition) is 2. The van der Waals surface area contributed by atoms with Gasteiger partial charge in [-0.3, -0.25) is 0 Å². The largest absolute Gasteiger partial charge is 0.416 e. The predicted octanol–water partition coefficient (Wildman–Crippen LogP) is 3.41. The van der Waals surface area contributed by atoms with Gasteiger partial charge in [-0.1, -0.05) is 12.1 Å². The first-order chi connectivity index (χ1) is 14.2. The van der Waals surface area contributed by atoms with Crippen LogP contribution in [0.1, 0.15) is 29.7 Å². The first-order valence-corrected chi connectivity index (χ1v) is 9.82. The number of carbonyl (C=O) groups excluding carboxylic acids is 1. The van der Waals surface area contributed by atoms with Gasteiger partial charge in [-0.05, 0) is 49.4 Å². The van der Waals surface area contributed by atoms with Crippen LogP contribution in [0.2, 0.25) is 0 Å². The van der Waals surface area contributed by atoms with Gasteiger partial charge in [0.05, 0.1) is 11.6 Å². The number of likely N-dealkylation sites (N-methyl/N-ethyl adjacent to an activating group) is 1. The molecule has 1 aliphatic rings. The lowest BCUT2D eigenvalue weighted by atomic mass is 10.1. The number of nitrogens with zero attached hydrogens (tertiary/aromatic N) is 3. The number of carbonyl (C=O) groups is 1. The zero-order valence-corrected chi connectivity index (χ0v) is 17.0. The fraction of sp³-hybridized carbons (Fsp3) is 0.429. The lowest BCUT2D eigenvalue weighted by Gasteiger charge is -2.33. The van der Waals surface area contributed by atoms with Crippen molar-refractivity contribution in [3.63, 3.8) is 0 Å². The molecule has 30 heavy (non-hydrogen) atoms. The summed E-state index contributed by atoms with van der Waals surface area (Å²) >= 11 is 0. The Labute approximate surface area is 174 Å². The number of alkyl halides is 3. The van der Waals surface area contributed by atoms with Gasteiger partial charge >= 0.3 is 12.2 Å². The molecule has 0 spiro atoms. The predicted molar refractivity (Wildman–Crippen MR) is 109 cm³/mol. The molecular weight excluding hydrogens is 395 g/mol. The van der Waals surface area contributed by atoms with Crippen LogP contribution in [0.4, 0.5) is 23.8 Å². The van der Waals surface area contributed by atoms with E-state index < -0.39 is 23.8 Å². The van der Waals surface area contributed by atoms with E-state index in [2.05, 4.69) is 32.5 Å². The van der Waals surface area contributed by atoms with Crippen LogP contribution in [0.25, 0.3) is 0 Å². The fourth-order valence-corrected chi connectivity index (χ4v) is 3.28. The molecule has 1 aromatic heterocycles. The second-order valence-electron chi connectivity index (χ2n) is 7.48. The number of aromatic nitrogens is 1. The highest BCUT2D eigenvalue weighted by atomic mass is 19.4. The third-order valence-corrected chi connectivity index (χ3v) is 5.15. The molecule has 2 amide bonds. The quantitative estimate of drug-likeness (QED) is 0.777. The molecule has 162 valence electrons. The lowest BCUT2D eigenvalue weighted by Crippen LogP contribution is -2.44. The zero-order chi connectivity index (χ0) is 21.7. The molecule has 0 saturated carbocycles. The molecular formula is C21H26F3N5O. The summed E-state index contributed by atoms with van der Waals surface area (Å²) in [6.45, 7) is 5.68. The van der Waals surface area contributed by atoms with E-state index >= 15 is 0 Å². The van der Waals surface area contributed by atoms with E-state index in [-0.39, 0.29) is 0 Å². The molecule has 1 saturated heterocycles. The summed E-state index contributed by atoms with van der Waals surface area (Å²) in [6.07, 6.45) is -2.70. The summed E-state index contributed by atoms with van der Waals surface area (Å²) in [5.41, 5.74) is 0.560. The Kier molecular flexibility index (Phi) is 6.81. The smallest absolute Gasteiger partial charge is 0.354 e. The molecule has 1 aliphatic heterocycles. The number of benzene rings is 1. The first-order valence-electron chi connectivity index (χ1n) is 9.82. The zero-order valence-electron chi connectivity index (χ0n) is 17.0. The third-order valence-electron chi connectivity index (χ3n) is 5.15. The van der Waals surface area contributed by atoms with Crippen molar-refractivity contribution < 1.29 is 18.0 Å². The van der Waals surface area contributed by atoms with Crippen molar-refractivity contribution in [3.05, 3.63) is 59.3 Å². The van der Waals surface area contributed by atoms with Crippen LogP contribution in [0, 0.1) is 0 Å². The number of urea groups is 1. The van der Waals surface area contributed by atoms with Gasteiger partial charge in [0, 0.05) is 38.9 Å². The van der Waals surface area contributed by atoms with Crippen LogP contribution in [0.5, 0.6) is 0 Å². The minimum Gasteiger partial charge on any atom is -0.354 e. The minimum atomic E-state index is -4.42. The SMILES string of the molecule is CC(NC(=O)NCc1ccnc(N2CCN(C)CC2)c1)c1cccc(C(F)(F)F)c1. The standard InChI is InChI=1S/C21H26F3N5O/c1-15(17-4-3-5-18(13-17)21(22,23)24)27-20(30)26-14-16-6-7-25-19(12-16)29-10-8-28(2)9-11-29/h3-7,12-13,15H,8-11,14H2,1-2H3,(H2,26,27,30). The Morgan fingerprint density at radius 1 is 1.17 bits per heavy atom. The van der Waals surface area contributed by atoms with Gasteiger partial charge in [-0.15, -0.1) is 0 Å². The normalized spacial score (nSPS) is 16.2. The van der Waals surface area contributed by atoms with Crippen LogP contribution in [-0.2, 0) is 12.7 Å². The van der Waals surface area contributed by atoms with Crippen molar-refractivity contribution in [2.75, 3.05) is 38.1 Å². The summed E-state index contributed by atoms with van der Waals surface area (Å²) < 4.78 is 38.6. The molecule has 0 radical (unpaired) electrons. The van der Waals surface area contributed by atoms with E-state index in [9.17, 15) is 18.0 Å². The molecule has 2 heterocycles. The van der Waals surface area contributed by atoms with Gasteiger partial charge in [0.2, 0.25) is 0 Å². The van der Waals surface area contributed by atoms with Crippen LogP contribution in [-0.4, -0.2) is 49.1 Å². The fourth-order valence-electron chi connectivity index (χ4n) is 3.28. The van der Waals surface area contributed by atoms with Crippen molar-refractivity contribution in [1.29, 1.82) is 0 Å². The molecule has 9 heteroatoms. The van der Waals surface area contributed by atoms with Crippen LogP contribution in [0.15, 0.2) is 42.6 Å². The molecule has 1 aromatic carbocycles. The summed E-state index contributed by atoms with van der Waals surface area (Å²) in [5, 5.41) is 5.43. The van der Waals surface area contributed by atoms with E-state index in [1.807, 2.05) is 12.1 Å². The lowest BCUT2D eigenvalue weighted by molar-refractivity contribution is -0.137. The Hall–Kier alpha value is -2.81. The Morgan fingerprint density at radius 2 is 1.90 bits per heavy atom. The molecule has 2 aromatic rings. The molecule has 0 bridgehead atoms. The molecule has 0 aliphatic carbocycles. The maximum atomic E-state index is 12.9. The van der Waals surface area contributed by atoms with E-state index in [1.54, 1.807) is 19.2 Å². The maximum Gasteiger partial charge on any atom is 0.416 e. The highest BCUT2D eigenvalue weighted by molar-refractivity contribution is 5.74. The minimum absolute atomic E-state index is 0.296. The van der Waals surface area contributed by atoms with Gasteiger partial charge in [-0.25, -0.2) is 9.78 Å². The van der Waals surface area contributed by atoms with Gasteiger partial charge in [0.25, 0.3) is 0 Å². The highest BCUT2D eigenvalue weighted by Gasteiger charge is 2.30. The molecule has 6 nitrogen and oxygen atoms in total. The van der Waals surface area contributed by atoms with Gasteiger partial charge < -0.3 is 20.4 Å². The number of anilines is 1. The van der Waals surface area contributed by atoms with Crippen LogP contribution in [0.3, 0.4) is 0 Å². The molecule has 2 N–H and O–H groups in total. The van der Waals surface area contributed by atoms with Crippen LogP contribution >= 0.6 is 0 Å². The monoisotopic (exact) mass is 421 g/mol. The second-order valence-corrected chi connectivity index (χ2v) is 7.48. The third kappa shape index (κ3) is 5.85. The average molecular weight is 421 g/mol. The van der Waals surface area contributed by atoms with E-state index in [4.69, 9.17) is 0 Å². The number of halogens is 3. The summed E-state index contributed by atoms with van der Waals surface area (Å²) in [5.74, 6) is 0.875. The van der Waals surface area contributed by atoms with E-state index in [0.717, 1.165) is 49.7 Å². The summed E-state index contributed by atoms with van der Waals surface area (Å²) in [7, 11) is 2.09. The first kappa shape index (κ1) is 21.9.